The molecule has 100 valence electrons. The van der Waals surface area contributed by atoms with Crippen LogP contribution in [-0.4, -0.2) is 20.5 Å². The van der Waals surface area contributed by atoms with Gasteiger partial charge in [0.25, 0.3) is 0 Å². The van der Waals surface area contributed by atoms with E-state index in [1.165, 1.54) is 0 Å². The van der Waals surface area contributed by atoms with Gasteiger partial charge >= 0.3 is 0 Å². The summed E-state index contributed by atoms with van der Waals surface area (Å²) in [6.07, 6.45) is 2.08. The number of benzene rings is 2. The van der Waals surface area contributed by atoms with Crippen LogP contribution in [0.1, 0.15) is 0 Å². The molecule has 4 heteroatoms. The minimum atomic E-state index is -0.243. The molecule has 0 aliphatic heterocycles. The Morgan fingerprint density at radius 3 is 2.00 bits per heavy atom. The van der Waals surface area contributed by atoms with Gasteiger partial charge in [-0.2, -0.15) is 0 Å². The van der Waals surface area contributed by atoms with Crippen LogP contribution in [0.25, 0.3) is 0 Å². The van der Waals surface area contributed by atoms with E-state index in [1.54, 1.807) is 14.2 Å². The monoisotopic (exact) mass is 275 g/mol. The predicted molar refractivity (Wildman–Crippen MR) is 79.6 cm³/mol. The van der Waals surface area contributed by atoms with Crippen LogP contribution < -0.4 is 9.47 Å². The van der Waals surface area contributed by atoms with Gasteiger partial charge in [-0.15, -0.1) is 0 Å². The number of hydrogen-bond acceptors (Lipinski definition) is 3. The maximum atomic E-state index is 5.28. The van der Waals surface area contributed by atoms with E-state index in [9.17, 15) is 0 Å². The van der Waals surface area contributed by atoms with E-state index >= 15 is 0 Å². The standard InChI is InChI=1S/C15H17NO2S/c1-17-13-9-14(18-2)11-15(10-13)19(3)16-12-7-5-4-6-8-12/h4-11H,1-3H3. The number of methoxy groups -OCH3 is 2. The quantitative estimate of drug-likeness (QED) is 0.849. The van der Waals surface area contributed by atoms with Crippen molar-refractivity contribution in [2.45, 2.75) is 4.90 Å². The third kappa shape index (κ3) is 3.58. The Balaban J connectivity index is 2.38. The molecule has 0 bridgehead atoms. The highest BCUT2D eigenvalue weighted by Crippen LogP contribution is 2.26. The second-order valence-electron chi connectivity index (χ2n) is 3.95. The second-order valence-corrected chi connectivity index (χ2v) is 5.56. The average molecular weight is 275 g/mol. The Kier molecular flexibility index (Phi) is 4.58. The summed E-state index contributed by atoms with van der Waals surface area (Å²) in [6, 6.07) is 15.8. The van der Waals surface area contributed by atoms with Crippen LogP contribution in [0.15, 0.2) is 57.8 Å². The third-order valence-corrected chi connectivity index (χ3v) is 4.07. The van der Waals surface area contributed by atoms with Crippen molar-refractivity contribution in [2.75, 3.05) is 20.5 Å². The van der Waals surface area contributed by atoms with Gasteiger partial charge in [0, 0.05) is 11.0 Å². The van der Waals surface area contributed by atoms with E-state index in [0.29, 0.717) is 0 Å². The Morgan fingerprint density at radius 2 is 1.47 bits per heavy atom. The molecule has 19 heavy (non-hydrogen) atoms. The van der Waals surface area contributed by atoms with E-state index in [4.69, 9.17) is 13.8 Å². The zero-order valence-corrected chi connectivity index (χ0v) is 12.1. The molecule has 0 spiro atoms. The Bertz CT molecular complexity index is 560. The molecule has 3 nitrogen and oxygen atoms in total. The average Bonchev–Trinajstić information content (AvgIpc) is 2.47. The second kappa shape index (κ2) is 6.38. The van der Waals surface area contributed by atoms with Gasteiger partial charge in [-0.25, -0.2) is 4.36 Å². The predicted octanol–water partition coefficient (Wildman–Crippen LogP) is 3.83. The highest BCUT2D eigenvalue weighted by atomic mass is 32.2. The smallest absolute Gasteiger partial charge is 0.123 e. The zero-order chi connectivity index (χ0) is 13.7. The van der Waals surface area contributed by atoms with E-state index in [0.717, 1.165) is 22.1 Å². The first-order chi connectivity index (χ1) is 9.22. The molecule has 2 aromatic rings. The molecular weight excluding hydrogens is 258 g/mol. The van der Waals surface area contributed by atoms with Gasteiger partial charge in [0.2, 0.25) is 0 Å². The summed E-state index contributed by atoms with van der Waals surface area (Å²) in [5, 5.41) is 0. The summed E-state index contributed by atoms with van der Waals surface area (Å²) in [5.41, 5.74) is 0.982. The lowest BCUT2D eigenvalue weighted by Gasteiger charge is -2.09. The van der Waals surface area contributed by atoms with Gasteiger partial charge in [-0.1, -0.05) is 28.9 Å². The van der Waals surface area contributed by atoms with Gasteiger partial charge in [-0.05, 0) is 30.5 Å². The van der Waals surface area contributed by atoms with Crippen molar-refractivity contribution in [2.24, 2.45) is 4.36 Å². The van der Waals surface area contributed by atoms with Crippen LogP contribution in [0.4, 0.5) is 5.69 Å². The molecule has 0 fully saturated rings. The molecule has 2 rings (SSSR count). The van der Waals surface area contributed by atoms with Crippen molar-refractivity contribution in [3.63, 3.8) is 0 Å². The van der Waals surface area contributed by atoms with E-state index < -0.39 is 0 Å². The molecular formula is C15H17NO2S. The van der Waals surface area contributed by atoms with Crippen molar-refractivity contribution in [1.29, 1.82) is 0 Å². The van der Waals surface area contributed by atoms with Crippen molar-refractivity contribution in [1.82, 2.24) is 0 Å². The SMILES string of the molecule is COc1cc(OC)cc(S(C)=Nc2ccccc2)c1. The molecule has 0 saturated heterocycles. The summed E-state index contributed by atoms with van der Waals surface area (Å²) in [4.78, 5) is 1.10. The van der Waals surface area contributed by atoms with Crippen molar-refractivity contribution >= 4 is 16.4 Å². The zero-order valence-electron chi connectivity index (χ0n) is 11.3. The highest BCUT2D eigenvalue weighted by Gasteiger charge is 2.04. The molecule has 0 heterocycles. The Hall–Kier alpha value is -1.81. The number of hydrogen-bond donors (Lipinski definition) is 0. The highest BCUT2D eigenvalue weighted by molar-refractivity contribution is 7.86. The summed E-state index contributed by atoms with van der Waals surface area (Å²) in [5.74, 6) is 1.58. The van der Waals surface area contributed by atoms with Crippen LogP contribution in [0.5, 0.6) is 11.5 Å². The van der Waals surface area contributed by atoms with Gasteiger partial charge in [0.15, 0.2) is 0 Å². The van der Waals surface area contributed by atoms with Gasteiger partial charge in [-0.3, -0.25) is 0 Å². The Morgan fingerprint density at radius 1 is 0.895 bits per heavy atom. The maximum absolute atomic E-state index is 5.28. The number of rotatable bonds is 4. The third-order valence-electron chi connectivity index (χ3n) is 2.66. The van der Waals surface area contributed by atoms with Crippen LogP contribution >= 0.6 is 0 Å². The molecule has 0 radical (unpaired) electrons. The molecule has 0 aliphatic carbocycles. The van der Waals surface area contributed by atoms with Crippen LogP contribution in [0.3, 0.4) is 0 Å². The van der Waals surface area contributed by atoms with E-state index in [2.05, 4.69) is 6.26 Å². The van der Waals surface area contributed by atoms with Crippen LogP contribution in [-0.2, 0) is 10.7 Å². The molecule has 1 unspecified atom stereocenters. The van der Waals surface area contributed by atoms with Crippen molar-refractivity contribution < 1.29 is 9.47 Å². The van der Waals surface area contributed by atoms with Gasteiger partial charge in [0.05, 0.1) is 19.9 Å². The van der Waals surface area contributed by atoms with E-state index in [1.807, 2.05) is 48.5 Å². The molecule has 1 atom stereocenters. The van der Waals surface area contributed by atoms with Crippen LogP contribution in [0.2, 0.25) is 0 Å². The minimum absolute atomic E-state index is 0.243. The topological polar surface area (TPSA) is 30.8 Å². The Labute approximate surface area is 116 Å². The molecule has 0 N–H and O–H groups in total. The molecule has 0 aromatic heterocycles. The number of nitrogens with zero attached hydrogens (tertiary/aromatic N) is 1. The fourth-order valence-electron chi connectivity index (χ4n) is 1.65. The van der Waals surface area contributed by atoms with E-state index in [-0.39, 0.29) is 10.7 Å². The maximum Gasteiger partial charge on any atom is 0.123 e. The van der Waals surface area contributed by atoms with Crippen molar-refractivity contribution in [3.8, 4) is 11.5 Å². The fraction of sp³-hybridized carbons (Fsp3) is 0.200. The largest absolute Gasteiger partial charge is 0.497 e. The first-order valence-electron chi connectivity index (χ1n) is 5.89. The van der Waals surface area contributed by atoms with Crippen molar-refractivity contribution in [3.05, 3.63) is 48.5 Å². The lowest BCUT2D eigenvalue weighted by atomic mass is 10.3. The lowest BCUT2D eigenvalue weighted by Crippen LogP contribution is -1.92. The first kappa shape index (κ1) is 13.6. The summed E-state index contributed by atoms with van der Waals surface area (Å²) < 4.78 is 15.3. The van der Waals surface area contributed by atoms with Crippen LogP contribution in [0, 0.1) is 0 Å². The minimum Gasteiger partial charge on any atom is -0.497 e. The summed E-state index contributed by atoms with van der Waals surface area (Å²) in [6.45, 7) is 0. The first-order valence-corrected chi connectivity index (χ1v) is 7.48. The molecule has 0 aliphatic rings. The number of ether oxygens (including phenoxy) is 2. The molecule has 0 amide bonds. The fourth-order valence-corrected chi connectivity index (χ4v) is 2.77. The summed E-state index contributed by atoms with van der Waals surface area (Å²) in [7, 11) is 3.06. The van der Waals surface area contributed by atoms with Gasteiger partial charge < -0.3 is 9.47 Å². The normalized spacial score (nSPS) is 12.2. The summed E-state index contributed by atoms with van der Waals surface area (Å²) >= 11 is 0. The van der Waals surface area contributed by atoms with Gasteiger partial charge in [0.1, 0.15) is 11.5 Å². The molecule has 2 aromatic carbocycles. The lowest BCUT2D eigenvalue weighted by molar-refractivity contribution is 0.392. The molecule has 0 saturated carbocycles.